The maximum absolute atomic E-state index is 12.6. The van der Waals surface area contributed by atoms with Crippen LogP contribution >= 0.6 is 22.9 Å². The number of hydrogen-bond donors (Lipinski definition) is 1. The van der Waals surface area contributed by atoms with Crippen molar-refractivity contribution in [2.75, 3.05) is 18.5 Å². The molecule has 8 nitrogen and oxygen atoms in total. The van der Waals surface area contributed by atoms with Crippen LogP contribution in [0.5, 0.6) is 0 Å². The Labute approximate surface area is 190 Å². The quantitative estimate of drug-likeness (QED) is 0.499. The van der Waals surface area contributed by atoms with E-state index >= 15 is 0 Å². The molecule has 0 aliphatic heterocycles. The normalized spacial score (nSPS) is 11.6. The van der Waals surface area contributed by atoms with Gasteiger partial charge in [-0.25, -0.2) is 0 Å². The van der Waals surface area contributed by atoms with Crippen LogP contribution in [0, 0.1) is 0 Å². The minimum atomic E-state index is -0.398. The Balaban J connectivity index is 1.90. The van der Waals surface area contributed by atoms with E-state index in [1.165, 1.54) is 11.3 Å². The van der Waals surface area contributed by atoms with Crippen molar-refractivity contribution in [1.29, 1.82) is 0 Å². The first-order valence-corrected chi connectivity index (χ1v) is 11.4. The number of rotatable bonds is 11. The molecule has 31 heavy (non-hydrogen) atoms. The molecular formula is C21H27ClN4O4S. The number of carbonyl (C=O) groups is 3. The first-order chi connectivity index (χ1) is 14.8. The fraction of sp³-hybridized carbons (Fsp3) is 0.476. The number of carbonyl (C=O) groups excluding carboxylic acids is 3. The molecule has 2 aromatic rings. The standard InChI is InChI=1S/C21H27ClN4O4S/c1-4-14(3)26(18(28)10-11-19(29)30-5-2)13-12-17(27)23-21-25-24-20(31-21)15-6-8-16(22)9-7-15/h6-9,14H,4-5,10-13H2,1-3H3,(H,23,25,27). The molecule has 0 fully saturated rings. The Kier molecular flexibility index (Phi) is 9.87. The van der Waals surface area contributed by atoms with Crippen molar-refractivity contribution in [2.45, 2.75) is 52.5 Å². The van der Waals surface area contributed by atoms with Gasteiger partial charge in [0.15, 0.2) is 0 Å². The van der Waals surface area contributed by atoms with E-state index in [1.54, 1.807) is 24.0 Å². The first kappa shape index (κ1) is 24.7. The van der Waals surface area contributed by atoms with E-state index in [4.69, 9.17) is 16.3 Å². The van der Waals surface area contributed by atoms with Gasteiger partial charge in [-0.05, 0) is 32.4 Å². The van der Waals surface area contributed by atoms with Crippen LogP contribution in [0.2, 0.25) is 5.02 Å². The second-order valence-corrected chi connectivity index (χ2v) is 8.28. The molecule has 1 unspecified atom stereocenters. The average Bonchev–Trinajstić information content (AvgIpc) is 3.21. The lowest BCUT2D eigenvalue weighted by Crippen LogP contribution is -2.40. The molecule has 0 radical (unpaired) electrons. The zero-order valence-electron chi connectivity index (χ0n) is 17.9. The molecule has 2 rings (SSSR count). The highest BCUT2D eigenvalue weighted by molar-refractivity contribution is 7.18. The summed E-state index contributed by atoms with van der Waals surface area (Å²) >= 11 is 7.16. The van der Waals surface area contributed by atoms with Gasteiger partial charge in [-0.3, -0.25) is 14.4 Å². The minimum absolute atomic E-state index is 0.0318. The number of hydrogen-bond acceptors (Lipinski definition) is 7. The highest BCUT2D eigenvalue weighted by atomic mass is 35.5. The third-order valence-electron chi connectivity index (χ3n) is 4.63. The largest absolute Gasteiger partial charge is 0.466 e. The zero-order valence-corrected chi connectivity index (χ0v) is 19.5. The molecule has 0 aliphatic carbocycles. The molecule has 1 aromatic carbocycles. The van der Waals surface area contributed by atoms with Gasteiger partial charge in [-0.2, -0.15) is 0 Å². The monoisotopic (exact) mass is 466 g/mol. The lowest BCUT2D eigenvalue weighted by molar-refractivity contribution is -0.146. The highest BCUT2D eigenvalue weighted by Gasteiger charge is 2.21. The number of esters is 1. The Morgan fingerprint density at radius 3 is 2.48 bits per heavy atom. The van der Waals surface area contributed by atoms with Crippen LogP contribution in [-0.2, 0) is 19.1 Å². The molecule has 0 saturated carbocycles. The van der Waals surface area contributed by atoms with Crippen molar-refractivity contribution in [2.24, 2.45) is 0 Å². The van der Waals surface area contributed by atoms with Crippen LogP contribution in [0.25, 0.3) is 10.6 Å². The predicted octanol–water partition coefficient (Wildman–Crippen LogP) is 4.16. The highest BCUT2D eigenvalue weighted by Crippen LogP contribution is 2.27. The third kappa shape index (κ3) is 7.91. The van der Waals surface area contributed by atoms with Gasteiger partial charge in [0.05, 0.1) is 13.0 Å². The maximum Gasteiger partial charge on any atom is 0.306 e. The number of ether oxygens (including phenoxy) is 1. The minimum Gasteiger partial charge on any atom is -0.466 e. The number of anilines is 1. The summed E-state index contributed by atoms with van der Waals surface area (Å²) in [6.07, 6.45) is 0.953. The smallest absolute Gasteiger partial charge is 0.306 e. The maximum atomic E-state index is 12.6. The van der Waals surface area contributed by atoms with E-state index in [9.17, 15) is 14.4 Å². The molecule has 2 amide bonds. The van der Waals surface area contributed by atoms with Crippen LogP contribution in [0.4, 0.5) is 5.13 Å². The second kappa shape index (κ2) is 12.4. The lowest BCUT2D eigenvalue weighted by Gasteiger charge is -2.28. The van der Waals surface area contributed by atoms with Gasteiger partial charge < -0.3 is 15.0 Å². The van der Waals surface area contributed by atoms with Gasteiger partial charge in [0.2, 0.25) is 16.9 Å². The van der Waals surface area contributed by atoms with Crippen LogP contribution < -0.4 is 5.32 Å². The Hall–Kier alpha value is -2.52. The molecule has 1 heterocycles. The van der Waals surface area contributed by atoms with Gasteiger partial charge in [-0.1, -0.05) is 42.0 Å². The molecule has 0 saturated heterocycles. The van der Waals surface area contributed by atoms with Gasteiger partial charge in [-0.15, -0.1) is 10.2 Å². The number of aromatic nitrogens is 2. The Morgan fingerprint density at radius 2 is 1.84 bits per heavy atom. The van der Waals surface area contributed by atoms with E-state index in [2.05, 4.69) is 15.5 Å². The SMILES string of the molecule is CCOC(=O)CCC(=O)N(CCC(=O)Nc1nnc(-c2ccc(Cl)cc2)s1)C(C)CC. The number of nitrogens with zero attached hydrogens (tertiary/aromatic N) is 3. The van der Waals surface area contributed by atoms with Crippen LogP contribution in [0.1, 0.15) is 46.5 Å². The van der Waals surface area contributed by atoms with Crippen LogP contribution in [0.3, 0.4) is 0 Å². The first-order valence-electron chi connectivity index (χ1n) is 10.2. The van der Waals surface area contributed by atoms with E-state index < -0.39 is 5.97 Å². The second-order valence-electron chi connectivity index (χ2n) is 6.87. The van der Waals surface area contributed by atoms with E-state index in [1.807, 2.05) is 26.0 Å². The fourth-order valence-corrected chi connectivity index (χ4v) is 3.67. The Bertz CT molecular complexity index is 888. The summed E-state index contributed by atoms with van der Waals surface area (Å²) in [7, 11) is 0. The van der Waals surface area contributed by atoms with Crippen molar-refractivity contribution in [3.8, 4) is 10.6 Å². The molecular weight excluding hydrogens is 440 g/mol. The van der Waals surface area contributed by atoms with Gasteiger partial charge in [0.25, 0.3) is 0 Å². The predicted molar refractivity (Wildman–Crippen MR) is 121 cm³/mol. The van der Waals surface area contributed by atoms with E-state index in [-0.39, 0.29) is 50.3 Å². The van der Waals surface area contributed by atoms with Crippen molar-refractivity contribution >= 4 is 45.9 Å². The van der Waals surface area contributed by atoms with Crippen molar-refractivity contribution in [3.05, 3.63) is 29.3 Å². The number of amides is 2. The molecule has 1 N–H and O–H groups in total. The molecule has 0 bridgehead atoms. The third-order valence-corrected chi connectivity index (χ3v) is 5.77. The topological polar surface area (TPSA) is 101 Å². The number of halogens is 1. The number of benzene rings is 1. The van der Waals surface area contributed by atoms with Crippen molar-refractivity contribution in [3.63, 3.8) is 0 Å². The summed E-state index contributed by atoms with van der Waals surface area (Å²) in [5.74, 6) is -0.827. The molecule has 168 valence electrons. The summed E-state index contributed by atoms with van der Waals surface area (Å²) in [6.45, 7) is 6.15. The molecule has 0 aliphatic rings. The molecule has 10 heteroatoms. The summed E-state index contributed by atoms with van der Waals surface area (Å²) in [4.78, 5) is 38.1. The van der Waals surface area contributed by atoms with Crippen LogP contribution in [0.15, 0.2) is 24.3 Å². The molecule has 1 aromatic heterocycles. The van der Waals surface area contributed by atoms with Gasteiger partial charge in [0.1, 0.15) is 5.01 Å². The summed E-state index contributed by atoms with van der Waals surface area (Å²) in [5, 5.41) is 12.5. The molecule has 1 atom stereocenters. The summed E-state index contributed by atoms with van der Waals surface area (Å²) < 4.78 is 4.87. The summed E-state index contributed by atoms with van der Waals surface area (Å²) in [6, 6.07) is 7.15. The van der Waals surface area contributed by atoms with Gasteiger partial charge >= 0.3 is 5.97 Å². The number of nitrogens with one attached hydrogen (secondary N) is 1. The molecule has 0 spiro atoms. The zero-order chi connectivity index (χ0) is 22.8. The summed E-state index contributed by atoms with van der Waals surface area (Å²) in [5.41, 5.74) is 0.859. The van der Waals surface area contributed by atoms with E-state index in [0.717, 1.165) is 12.0 Å². The average molecular weight is 467 g/mol. The van der Waals surface area contributed by atoms with Crippen LogP contribution in [-0.4, -0.2) is 52.1 Å². The fourth-order valence-electron chi connectivity index (χ4n) is 2.78. The van der Waals surface area contributed by atoms with Crippen molar-refractivity contribution < 1.29 is 19.1 Å². The van der Waals surface area contributed by atoms with Crippen molar-refractivity contribution in [1.82, 2.24) is 15.1 Å². The lowest BCUT2D eigenvalue weighted by atomic mass is 10.1. The Morgan fingerprint density at radius 1 is 1.13 bits per heavy atom. The van der Waals surface area contributed by atoms with E-state index in [0.29, 0.717) is 15.2 Å². The van der Waals surface area contributed by atoms with Gasteiger partial charge in [0, 0.05) is 36.0 Å².